The molecule has 3 nitrogen and oxygen atoms in total. The summed E-state index contributed by atoms with van der Waals surface area (Å²) in [6, 6.07) is 5.01. The minimum atomic E-state index is -0.301. The first kappa shape index (κ1) is 11.3. The second-order valence-corrected chi connectivity index (χ2v) is 4.68. The second kappa shape index (κ2) is 4.12. The number of hydrogen-bond acceptors (Lipinski definition) is 1. The molecule has 1 aliphatic rings. The summed E-state index contributed by atoms with van der Waals surface area (Å²) in [7, 11) is 0. The number of nitrogens with zero attached hydrogens (tertiary/aromatic N) is 1. The van der Waals surface area contributed by atoms with E-state index in [-0.39, 0.29) is 11.7 Å². The maximum absolute atomic E-state index is 13.7. The van der Waals surface area contributed by atoms with E-state index >= 15 is 0 Å². The van der Waals surface area contributed by atoms with Crippen molar-refractivity contribution in [1.29, 1.82) is 0 Å². The first-order valence-corrected chi connectivity index (χ1v) is 6.30. The van der Waals surface area contributed by atoms with Crippen LogP contribution in [0, 0.1) is 5.82 Å². The van der Waals surface area contributed by atoms with Gasteiger partial charge in [0.1, 0.15) is 11.5 Å². The Labute approximate surface area is 105 Å². The number of fused-ring (bicyclic) bond motifs is 1. The van der Waals surface area contributed by atoms with Gasteiger partial charge in [0.25, 0.3) is 5.91 Å². The Balaban J connectivity index is 2.09. The number of nitrogens with one attached hydrogen (secondary N) is 1. The molecule has 1 aromatic heterocycles. The average Bonchev–Trinajstić information content (AvgIpc) is 2.73. The van der Waals surface area contributed by atoms with Gasteiger partial charge in [-0.1, -0.05) is 13.0 Å². The van der Waals surface area contributed by atoms with Crippen LogP contribution in [0.2, 0.25) is 0 Å². The summed E-state index contributed by atoms with van der Waals surface area (Å²) in [5.41, 5.74) is 1.99. The van der Waals surface area contributed by atoms with Gasteiger partial charge in [-0.3, -0.25) is 4.79 Å². The Hall–Kier alpha value is -1.84. The number of H-pyrrole nitrogens is 1. The van der Waals surface area contributed by atoms with Crippen molar-refractivity contribution in [2.24, 2.45) is 0 Å². The zero-order valence-electron chi connectivity index (χ0n) is 10.3. The number of hydrogen-bond donors (Lipinski definition) is 1. The van der Waals surface area contributed by atoms with E-state index in [9.17, 15) is 9.18 Å². The number of aromatic amines is 1. The van der Waals surface area contributed by atoms with Crippen molar-refractivity contribution in [2.75, 3.05) is 13.1 Å². The van der Waals surface area contributed by atoms with Crippen LogP contribution in [0.25, 0.3) is 10.9 Å². The molecule has 2 heterocycles. The Morgan fingerprint density at radius 3 is 2.83 bits per heavy atom. The van der Waals surface area contributed by atoms with Gasteiger partial charge in [-0.15, -0.1) is 0 Å². The molecule has 1 saturated heterocycles. The molecule has 0 aliphatic carbocycles. The molecular weight excluding hydrogens is 231 g/mol. The molecule has 0 spiro atoms. The molecule has 0 saturated carbocycles. The van der Waals surface area contributed by atoms with E-state index in [1.165, 1.54) is 6.07 Å². The second-order valence-electron chi connectivity index (χ2n) is 4.68. The predicted molar refractivity (Wildman–Crippen MR) is 68.2 cm³/mol. The highest BCUT2D eigenvalue weighted by Crippen LogP contribution is 2.24. The van der Waals surface area contributed by atoms with Gasteiger partial charge in [-0.2, -0.15) is 0 Å². The minimum Gasteiger partial charge on any atom is -0.348 e. The number of benzene rings is 1. The smallest absolute Gasteiger partial charge is 0.270 e. The normalized spacial score (nSPS) is 14.9. The van der Waals surface area contributed by atoms with Crippen LogP contribution in [0.5, 0.6) is 0 Å². The van der Waals surface area contributed by atoms with Crippen LogP contribution < -0.4 is 0 Å². The molecule has 1 aliphatic heterocycles. The zero-order valence-corrected chi connectivity index (χ0v) is 10.3. The van der Waals surface area contributed by atoms with Gasteiger partial charge in [-0.05, 0) is 30.5 Å². The fourth-order valence-corrected chi connectivity index (χ4v) is 2.36. The van der Waals surface area contributed by atoms with Crippen molar-refractivity contribution in [1.82, 2.24) is 9.88 Å². The van der Waals surface area contributed by atoms with Crippen molar-refractivity contribution >= 4 is 16.8 Å². The average molecular weight is 246 g/mol. The molecule has 3 rings (SSSR count). The third kappa shape index (κ3) is 1.60. The Kier molecular flexibility index (Phi) is 2.58. The fraction of sp³-hybridized carbons (Fsp3) is 0.357. The summed E-state index contributed by atoms with van der Waals surface area (Å²) in [5, 5.41) is 0.821. The standard InChI is InChI=1S/C14H15FN2O/c1-2-9-4-5-11(15)13-10(9)8-12(16-13)14(18)17-6-3-7-17/h4-5,8,16H,2-3,6-7H2,1H3. The molecule has 2 aromatic rings. The summed E-state index contributed by atoms with van der Waals surface area (Å²) >= 11 is 0. The number of amides is 1. The van der Waals surface area contributed by atoms with Gasteiger partial charge in [0, 0.05) is 18.5 Å². The van der Waals surface area contributed by atoms with Crippen LogP contribution in [-0.2, 0) is 6.42 Å². The quantitative estimate of drug-likeness (QED) is 0.869. The van der Waals surface area contributed by atoms with Crippen LogP contribution in [0.15, 0.2) is 18.2 Å². The molecule has 1 aromatic carbocycles. The van der Waals surface area contributed by atoms with Gasteiger partial charge in [0.2, 0.25) is 0 Å². The van der Waals surface area contributed by atoms with Crippen molar-refractivity contribution in [2.45, 2.75) is 19.8 Å². The Bertz CT molecular complexity index is 614. The monoisotopic (exact) mass is 246 g/mol. The van der Waals surface area contributed by atoms with Crippen molar-refractivity contribution in [3.05, 3.63) is 35.3 Å². The number of likely N-dealkylation sites (tertiary alicyclic amines) is 1. The lowest BCUT2D eigenvalue weighted by Gasteiger charge is -2.30. The van der Waals surface area contributed by atoms with Gasteiger partial charge < -0.3 is 9.88 Å². The molecule has 0 bridgehead atoms. The molecule has 0 atom stereocenters. The fourth-order valence-electron chi connectivity index (χ4n) is 2.36. The molecule has 0 unspecified atom stereocenters. The summed E-state index contributed by atoms with van der Waals surface area (Å²) < 4.78 is 13.7. The molecule has 0 radical (unpaired) electrons. The van der Waals surface area contributed by atoms with Gasteiger partial charge in [0.15, 0.2) is 0 Å². The lowest BCUT2D eigenvalue weighted by atomic mass is 10.1. The topological polar surface area (TPSA) is 36.1 Å². The predicted octanol–water partition coefficient (Wildman–Crippen LogP) is 2.72. The first-order valence-electron chi connectivity index (χ1n) is 6.30. The van der Waals surface area contributed by atoms with Crippen LogP contribution in [0.3, 0.4) is 0 Å². The maximum atomic E-state index is 13.7. The van der Waals surface area contributed by atoms with Crippen LogP contribution in [0.1, 0.15) is 29.4 Å². The van der Waals surface area contributed by atoms with Gasteiger partial charge in [-0.25, -0.2) is 4.39 Å². The minimum absolute atomic E-state index is 0.0288. The summed E-state index contributed by atoms with van der Waals surface area (Å²) in [6.45, 7) is 3.63. The molecule has 94 valence electrons. The number of rotatable bonds is 2. The Morgan fingerprint density at radius 2 is 2.22 bits per heavy atom. The number of aromatic nitrogens is 1. The van der Waals surface area contributed by atoms with Crippen molar-refractivity contribution < 1.29 is 9.18 Å². The highest BCUT2D eigenvalue weighted by molar-refractivity contribution is 5.99. The third-order valence-electron chi connectivity index (χ3n) is 3.59. The summed E-state index contributed by atoms with van der Waals surface area (Å²) in [5.74, 6) is -0.330. The molecule has 1 fully saturated rings. The number of carbonyl (C=O) groups excluding carboxylic acids is 1. The Morgan fingerprint density at radius 1 is 1.44 bits per heavy atom. The van der Waals surface area contributed by atoms with E-state index in [1.54, 1.807) is 17.0 Å². The summed E-state index contributed by atoms with van der Waals surface area (Å²) in [4.78, 5) is 16.8. The lowest BCUT2D eigenvalue weighted by Crippen LogP contribution is -2.42. The molecular formula is C14H15FN2O. The lowest BCUT2D eigenvalue weighted by molar-refractivity contribution is 0.0646. The highest BCUT2D eigenvalue weighted by atomic mass is 19.1. The van der Waals surface area contributed by atoms with E-state index in [0.717, 1.165) is 36.9 Å². The summed E-state index contributed by atoms with van der Waals surface area (Å²) in [6.07, 6.45) is 1.88. The van der Waals surface area contributed by atoms with Crippen LogP contribution >= 0.6 is 0 Å². The van der Waals surface area contributed by atoms with Crippen LogP contribution in [0.4, 0.5) is 4.39 Å². The van der Waals surface area contributed by atoms with E-state index in [4.69, 9.17) is 0 Å². The van der Waals surface area contributed by atoms with E-state index in [1.807, 2.05) is 6.92 Å². The highest BCUT2D eigenvalue weighted by Gasteiger charge is 2.23. The van der Waals surface area contributed by atoms with Crippen molar-refractivity contribution in [3.8, 4) is 0 Å². The largest absolute Gasteiger partial charge is 0.348 e. The van der Waals surface area contributed by atoms with Gasteiger partial charge >= 0.3 is 0 Å². The molecule has 18 heavy (non-hydrogen) atoms. The molecule has 4 heteroatoms. The maximum Gasteiger partial charge on any atom is 0.270 e. The number of halogens is 1. The van der Waals surface area contributed by atoms with E-state index in [2.05, 4.69) is 4.98 Å². The van der Waals surface area contributed by atoms with E-state index < -0.39 is 0 Å². The third-order valence-corrected chi connectivity index (χ3v) is 3.59. The molecule has 1 amide bonds. The van der Waals surface area contributed by atoms with Gasteiger partial charge in [0.05, 0.1) is 5.52 Å². The molecule has 1 N–H and O–H groups in total. The SMILES string of the molecule is CCc1ccc(F)c2[nH]c(C(=O)N3CCC3)cc12. The van der Waals surface area contributed by atoms with Crippen LogP contribution in [-0.4, -0.2) is 28.9 Å². The first-order chi connectivity index (χ1) is 8.70. The number of aryl methyl sites for hydroxylation is 1. The number of carbonyl (C=O) groups is 1. The zero-order chi connectivity index (χ0) is 12.7. The van der Waals surface area contributed by atoms with Crippen molar-refractivity contribution in [3.63, 3.8) is 0 Å². The van der Waals surface area contributed by atoms with E-state index in [0.29, 0.717) is 11.2 Å².